The topological polar surface area (TPSA) is 84.9 Å². The molecule has 3 rings (SSSR count). The summed E-state index contributed by atoms with van der Waals surface area (Å²) in [5, 5.41) is 0. The number of methoxy groups -OCH3 is 2. The lowest BCUT2D eigenvalue weighted by Crippen LogP contribution is -2.31. The minimum absolute atomic E-state index is 0.0631. The first kappa shape index (κ1) is 20.0. The maximum absolute atomic E-state index is 13.2. The summed E-state index contributed by atoms with van der Waals surface area (Å²) in [7, 11) is -1.10. The highest BCUT2D eigenvalue weighted by atomic mass is 32.2. The molecule has 150 valence electrons. The highest BCUT2D eigenvalue weighted by Gasteiger charge is 2.25. The van der Waals surface area contributed by atoms with Crippen molar-refractivity contribution < 1.29 is 22.7 Å². The van der Waals surface area contributed by atoms with Crippen molar-refractivity contribution in [1.82, 2.24) is 0 Å². The molecule has 1 saturated heterocycles. The van der Waals surface area contributed by atoms with Crippen LogP contribution in [0.2, 0.25) is 0 Å². The van der Waals surface area contributed by atoms with Gasteiger partial charge >= 0.3 is 5.97 Å². The van der Waals surface area contributed by atoms with Gasteiger partial charge in [-0.15, -0.1) is 0 Å². The van der Waals surface area contributed by atoms with Crippen molar-refractivity contribution in [3.63, 3.8) is 0 Å². The lowest BCUT2D eigenvalue weighted by molar-refractivity contribution is 0.0600. The quantitative estimate of drug-likeness (QED) is 0.744. The van der Waals surface area contributed by atoms with Crippen LogP contribution in [0.3, 0.4) is 0 Å². The molecule has 0 amide bonds. The van der Waals surface area contributed by atoms with E-state index in [4.69, 9.17) is 9.47 Å². The van der Waals surface area contributed by atoms with E-state index in [2.05, 4.69) is 4.72 Å². The summed E-state index contributed by atoms with van der Waals surface area (Å²) >= 11 is 0. The summed E-state index contributed by atoms with van der Waals surface area (Å²) in [4.78, 5) is 14.1. The molecule has 2 aromatic carbocycles. The second-order valence-electron chi connectivity index (χ2n) is 6.56. The third-order valence-corrected chi connectivity index (χ3v) is 6.12. The third-order valence-electron chi connectivity index (χ3n) is 4.71. The van der Waals surface area contributed by atoms with Gasteiger partial charge in [-0.2, -0.15) is 0 Å². The van der Waals surface area contributed by atoms with Crippen LogP contribution in [0.25, 0.3) is 0 Å². The lowest BCUT2D eigenvalue weighted by Gasteiger charge is -2.30. The number of carbonyl (C=O) groups is 1. The summed E-state index contributed by atoms with van der Waals surface area (Å²) in [5.74, 6) is 0.0516. The van der Waals surface area contributed by atoms with Gasteiger partial charge in [0, 0.05) is 18.8 Å². The van der Waals surface area contributed by atoms with Crippen molar-refractivity contribution in [2.45, 2.75) is 24.2 Å². The number of rotatable bonds is 6. The SMILES string of the molecule is COC(=O)c1ccc(N2CCCCC2)c(S(=O)(=O)Nc2ccc(OC)cc2)c1. The number of carbonyl (C=O) groups excluding carboxylic acids is 1. The van der Waals surface area contributed by atoms with Crippen LogP contribution in [-0.4, -0.2) is 41.7 Å². The number of hydrogen-bond acceptors (Lipinski definition) is 6. The molecule has 1 fully saturated rings. The zero-order valence-electron chi connectivity index (χ0n) is 16.0. The highest BCUT2D eigenvalue weighted by Crippen LogP contribution is 2.31. The Balaban J connectivity index is 2.00. The zero-order valence-corrected chi connectivity index (χ0v) is 16.8. The van der Waals surface area contributed by atoms with Crippen LogP contribution in [0.1, 0.15) is 29.6 Å². The summed E-state index contributed by atoms with van der Waals surface area (Å²) in [6.07, 6.45) is 3.14. The molecule has 7 nitrogen and oxygen atoms in total. The van der Waals surface area contributed by atoms with Gasteiger partial charge in [-0.05, 0) is 61.7 Å². The van der Waals surface area contributed by atoms with E-state index in [0.29, 0.717) is 17.1 Å². The first-order chi connectivity index (χ1) is 13.4. The number of hydrogen-bond donors (Lipinski definition) is 1. The maximum Gasteiger partial charge on any atom is 0.337 e. The Morgan fingerprint density at radius 1 is 1.00 bits per heavy atom. The first-order valence-electron chi connectivity index (χ1n) is 9.09. The zero-order chi connectivity index (χ0) is 20.1. The fraction of sp³-hybridized carbons (Fsp3) is 0.350. The van der Waals surface area contributed by atoms with E-state index in [1.807, 2.05) is 4.90 Å². The molecule has 8 heteroatoms. The molecule has 2 aromatic rings. The average molecular weight is 404 g/mol. The fourth-order valence-electron chi connectivity index (χ4n) is 3.24. The molecule has 0 radical (unpaired) electrons. The largest absolute Gasteiger partial charge is 0.497 e. The summed E-state index contributed by atoms with van der Waals surface area (Å²) in [5.41, 5.74) is 1.19. The standard InChI is InChI=1S/C20H24N2O5S/c1-26-17-9-7-16(8-10-17)21-28(24,25)19-14-15(20(23)27-2)6-11-18(19)22-12-4-3-5-13-22/h6-11,14,21H,3-5,12-13H2,1-2H3. The van der Waals surface area contributed by atoms with Crippen molar-refractivity contribution in [3.8, 4) is 5.75 Å². The first-order valence-corrected chi connectivity index (χ1v) is 10.6. The van der Waals surface area contributed by atoms with Gasteiger partial charge in [0.15, 0.2) is 0 Å². The van der Waals surface area contributed by atoms with Crippen molar-refractivity contribution in [3.05, 3.63) is 48.0 Å². The molecule has 1 aliphatic rings. The number of nitrogens with one attached hydrogen (secondary N) is 1. The molecule has 1 heterocycles. The number of piperidine rings is 1. The molecule has 1 aliphatic heterocycles. The molecule has 0 aromatic heterocycles. The van der Waals surface area contributed by atoms with Gasteiger partial charge < -0.3 is 14.4 Å². The number of sulfonamides is 1. The van der Waals surface area contributed by atoms with Crippen LogP contribution >= 0.6 is 0 Å². The van der Waals surface area contributed by atoms with Gasteiger partial charge in [0.25, 0.3) is 10.0 Å². The lowest BCUT2D eigenvalue weighted by atomic mass is 10.1. The van der Waals surface area contributed by atoms with E-state index in [1.165, 1.54) is 13.2 Å². The van der Waals surface area contributed by atoms with Crippen LogP contribution < -0.4 is 14.4 Å². The molecule has 0 bridgehead atoms. The van der Waals surface area contributed by atoms with Gasteiger partial charge in [-0.1, -0.05) is 0 Å². The van der Waals surface area contributed by atoms with E-state index in [0.717, 1.165) is 32.4 Å². The molecule has 0 unspecified atom stereocenters. The number of nitrogens with zero attached hydrogens (tertiary/aromatic N) is 1. The molecule has 1 N–H and O–H groups in total. The summed E-state index contributed by atoms with van der Waals surface area (Å²) < 4.78 is 38.8. The van der Waals surface area contributed by atoms with E-state index in [1.54, 1.807) is 43.5 Å². The van der Waals surface area contributed by atoms with Crippen LogP contribution in [-0.2, 0) is 14.8 Å². The number of benzene rings is 2. The van der Waals surface area contributed by atoms with Gasteiger partial charge in [0.2, 0.25) is 0 Å². The monoisotopic (exact) mass is 404 g/mol. The fourth-order valence-corrected chi connectivity index (χ4v) is 4.55. The van der Waals surface area contributed by atoms with E-state index in [9.17, 15) is 13.2 Å². The van der Waals surface area contributed by atoms with E-state index >= 15 is 0 Å². The van der Waals surface area contributed by atoms with Crippen LogP contribution in [0.4, 0.5) is 11.4 Å². The Labute approximate surface area is 165 Å². The Morgan fingerprint density at radius 3 is 2.29 bits per heavy atom. The second kappa shape index (κ2) is 8.52. The number of esters is 1. The van der Waals surface area contributed by atoms with Crippen LogP contribution in [0, 0.1) is 0 Å². The third kappa shape index (κ3) is 4.39. The van der Waals surface area contributed by atoms with Crippen molar-refractivity contribution in [2.75, 3.05) is 36.9 Å². The van der Waals surface area contributed by atoms with Crippen LogP contribution in [0.5, 0.6) is 5.75 Å². The minimum Gasteiger partial charge on any atom is -0.497 e. The predicted octanol–water partition coefficient (Wildman–Crippen LogP) is 3.27. The molecular weight excluding hydrogens is 380 g/mol. The summed E-state index contributed by atoms with van der Waals surface area (Å²) in [6.45, 7) is 1.56. The summed E-state index contributed by atoms with van der Waals surface area (Å²) in [6, 6.07) is 11.3. The molecule has 0 aliphatic carbocycles. The van der Waals surface area contributed by atoms with Crippen molar-refractivity contribution in [1.29, 1.82) is 0 Å². The Bertz CT molecular complexity index is 936. The Hall–Kier alpha value is -2.74. The Morgan fingerprint density at radius 2 is 1.68 bits per heavy atom. The van der Waals surface area contributed by atoms with Crippen LogP contribution in [0.15, 0.2) is 47.4 Å². The number of ether oxygens (including phenoxy) is 2. The van der Waals surface area contributed by atoms with Crippen molar-refractivity contribution >= 4 is 27.4 Å². The van der Waals surface area contributed by atoms with Crippen molar-refractivity contribution in [2.24, 2.45) is 0 Å². The average Bonchev–Trinajstić information content (AvgIpc) is 2.73. The van der Waals surface area contributed by atoms with Gasteiger partial charge in [-0.25, -0.2) is 13.2 Å². The molecule has 28 heavy (non-hydrogen) atoms. The molecule has 0 atom stereocenters. The smallest absolute Gasteiger partial charge is 0.337 e. The normalized spacial score (nSPS) is 14.4. The number of anilines is 2. The van der Waals surface area contributed by atoms with E-state index in [-0.39, 0.29) is 10.5 Å². The van der Waals surface area contributed by atoms with E-state index < -0.39 is 16.0 Å². The second-order valence-corrected chi connectivity index (χ2v) is 8.21. The Kier molecular flexibility index (Phi) is 6.08. The molecular formula is C20H24N2O5S. The van der Waals surface area contributed by atoms with Gasteiger partial charge in [0.05, 0.1) is 25.5 Å². The highest BCUT2D eigenvalue weighted by molar-refractivity contribution is 7.92. The molecule has 0 saturated carbocycles. The minimum atomic E-state index is -3.92. The molecule has 0 spiro atoms. The van der Waals surface area contributed by atoms with Gasteiger partial charge in [0.1, 0.15) is 10.6 Å². The predicted molar refractivity (Wildman–Crippen MR) is 108 cm³/mol. The van der Waals surface area contributed by atoms with Gasteiger partial charge in [-0.3, -0.25) is 4.72 Å². The maximum atomic E-state index is 13.2.